The molecule has 1 saturated heterocycles. The summed E-state index contributed by atoms with van der Waals surface area (Å²) in [7, 11) is 1.51. The zero-order valence-electron chi connectivity index (χ0n) is 16.0. The smallest absolute Gasteiger partial charge is 0.284 e. The maximum Gasteiger partial charge on any atom is 0.284 e. The number of carbonyl (C=O) groups is 1. The third-order valence-electron chi connectivity index (χ3n) is 4.92. The molecule has 0 saturated carbocycles. The lowest BCUT2D eigenvalue weighted by atomic mass is 10.0. The van der Waals surface area contributed by atoms with Crippen LogP contribution in [0.3, 0.4) is 0 Å². The van der Waals surface area contributed by atoms with Crippen molar-refractivity contribution in [1.82, 2.24) is 24.9 Å². The number of hydrogen-bond acceptors (Lipinski definition) is 6. The van der Waals surface area contributed by atoms with Crippen molar-refractivity contribution in [1.29, 1.82) is 0 Å². The Balaban J connectivity index is 1.53. The monoisotopic (exact) mass is 404 g/mol. The van der Waals surface area contributed by atoms with Crippen molar-refractivity contribution < 1.29 is 13.6 Å². The molecule has 9 nitrogen and oxygen atoms in total. The van der Waals surface area contributed by atoms with Crippen molar-refractivity contribution in [3.63, 3.8) is 0 Å². The first-order valence-electron chi connectivity index (χ1n) is 9.52. The van der Waals surface area contributed by atoms with Crippen LogP contribution in [0.2, 0.25) is 0 Å². The zero-order valence-corrected chi connectivity index (χ0v) is 16.0. The number of anilines is 1. The molecule has 0 bridgehead atoms. The van der Waals surface area contributed by atoms with Crippen LogP contribution in [0.25, 0.3) is 0 Å². The summed E-state index contributed by atoms with van der Waals surface area (Å²) in [4.78, 5) is 21.7. The van der Waals surface area contributed by atoms with Crippen LogP contribution in [0.4, 0.5) is 20.3 Å². The molecule has 1 fully saturated rings. The molecule has 29 heavy (non-hydrogen) atoms. The minimum absolute atomic E-state index is 0.0321. The SMILES string of the molecule is Cn1cc(NC(=O)c2cnn3c2N=C(N=CC2CCCNC2)CC3)c(C(F)F)n1. The van der Waals surface area contributed by atoms with Crippen molar-refractivity contribution in [3.05, 3.63) is 23.7 Å². The second-order valence-corrected chi connectivity index (χ2v) is 7.12. The van der Waals surface area contributed by atoms with Crippen LogP contribution in [-0.2, 0) is 13.6 Å². The number of aryl methyl sites for hydroxylation is 2. The van der Waals surface area contributed by atoms with E-state index in [4.69, 9.17) is 0 Å². The Morgan fingerprint density at radius 3 is 3.10 bits per heavy atom. The summed E-state index contributed by atoms with van der Waals surface area (Å²) in [6.45, 7) is 2.49. The molecule has 2 aromatic rings. The van der Waals surface area contributed by atoms with Crippen molar-refractivity contribution in [2.75, 3.05) is 18.4 Å². The molecule has 2 aliphatic rings. The van der Waals surface area contributed by atoms with E-state index in [1.165, 1.54) is 24.1 Å². The van der Waals surface area contributed by atoms with E-state index in [0.29, 0.717) is 30.5 Å². The zero-order chi connectivity index (χ0) is 20.4. The molecule has 0 aliphatic carbocycles. The first kappa shape index (κ1) is 19.4. The number of rotatable bonds is 4. The lowest BCUT2D eigenvalue weighted by Gasteiger charge is -2.19. The minimum atomic E-state index is -2.79. The molecule has 1 unspecified atom stereocenters. The van der Waals surface area contributed by atoms with Gasteiger partial charge in [0.25, 0.3) is 12.3 Å². The lowest BCUT2D eigenvalue weighted by molar-refractivity contribution is 0.102. The predicted octanol–water partition coefficient (Wildman–Crippen LogP) is 2.31. The Kier molecular flexibility index (Phi) is 5.47. The highest BCUT2D eigenvalue weighted by Crippen LogP contribution is 2.28. The van der Waals surface area contributed by atoms with Gasteiger partial charge in [0.15, 0.2) is 11.5 Å². The van der Waals surface area contributed by atoms with Gasteiger partial charge in [-0.2, -0.15) is 10.2 Å². The number of aliphatic imine (C=N–C) groups is 2. The molecule has 2 aromatic heterocycles. The highest BCUT2D eigenvalue weighted by molar-refractivity contribution is 6.08. The summed E-state index contributed by atoms with van der Waals surface area (Å²) < 4.78 is 29.1. The van der Waals surface area contributed by atoms with E-state index < -0.39 is 18.0 Å². The molecule has 2 N–H and O–H groups in total. The van der Waals surface area contributed by atoms with Crippen molar-refractivity contribution in [2.24, 2.45) is 23.0 Å². The number of halogens is 2. The Morgan fingerprint density at radius 1 is 1.48 bits per heavy atom. The molecule has 1 amide bonds. The quantitative estimate of drug-likeness (QED) is 0.764. The lowest BCUT2D eigenvalue weighted by Crippen LogP contribution is -2.30. The molecule has 0 radical (unpaired) electrons. The number of amides is 1. The van der Waals surface area contributed by atoms with Crippen LogP contribution < -0.4 is 10.6 Å². The van der Waals surface area contributed by atoms with Gasteiger partial charge in [-0.05, 0) is 19.4 Å². The second kappa shape index (κ2) is 8.19. The fraction of sp³-hybridized carbons (Fsp3) is 0.500. The third-order valence-corrected chi connectivity index (χ3v) is 4.92. The number of alkyl halides is 2. The van der Waals surface area contributed by atoms with E-state index in [9.17, 15) is 13.6 Å². The van der Waals surface area contributed by atoms with Crippen LogP contribution >= 0.6 is 0 Å². The number of nitrogens with zero attached hydrogens (tertiary/aromatic N) is 6. The molecule has 2 aliphatic heterocycles. The number of piperidine rings is 1. The van der Waals surface area contributed by atoms with E-state index in [1.54, 1.807) is 4.68 Å². The molecule has 0 aromatic carbocycles. The van der Waals surface area contributed by atoms with Gasteiger partial charge < -0.3 is 10.6 Å². The number of hydrogen-bond donors (Lipinski definition) is 2. The third kappa shape index (κ3) is 4.24. The molecule has 4 heterocycles. The van der Waals surface area contributed by atoms with Crippen LogP contribution in [-0.4, -0.2) is 50.6 Å². The number of nitrogens with one attached hydrogen (secondary N) is 2. The first-order chi connectivity index (χ1) is 14.0. The Labute approximate surface area is 165 Å². The molecule has 1 atom stereocenters. The van der Waals surface area contributed by atoms with Gasteiger partial charge in [0.1, 0.15) is 11.4 Å². The van der Waals surface area contributed by atoms with E-state index in [-0.39, 0.29) is 11.3 Å². The maximum atomic E-state index is 13.1. The molecule has 0 spiro atoms. The summed E-state index contributed by atoms with van der Waals surface area (Å²) in [5, 5.41) is 13.7. The average Bonchev–Trinajstić information content (AvgIpc) is 3.30. The van der Waals surface area contributed by atoms with Crippen LogP contribution in [0.1, 0.15) is 41.7 Å². The van der Waals surface area contributed by atoms with Crippen molar-refractivity contribution in [2.45, 2.75) is 32.2 Å². The summed E-state index contributed by atoms with van der Waals surface area (Å²) in [5.74, 6) is 0.823. The number of fused-ring (bicyclic) bond motifs is 1. The molecule has 11 heteroatoms. The van der Waals surface area contributed by atoms with Gasteiger partial charge in [0.2, 0.25) is 0 Å². The Hall–Kier alpha value is -2.95. The van der Waals surface area contributed by atoms with Gasteiger partial charge in [-0.15, -0.1) is 0 Å². The summed E-state index contributed by atoms with van der Waals surface area (Å²) in [6.07, 6.45) is 4.69. The van der Waals surface area contributed by atoms with Crippen LogP contribution in [0, 0.1) is 5.92 Å². The number of aromatic nitrogens is 4. The Morgan fingerprint density at radius 2 is 2.34 bits per heavy atom. The topological polar surface area (TPSA) is 101 Å². The highest BCUT2D eigenvalue weighted by atomic mass is 19.3. The standard InChI is InChI=1S/C18H22F2N8O/c1-27-10-13(15(26-27)16(19)20)24-18(29)12-9-23-28-6-4-14(25-17(12)28)22-8-11-3-2-5-21-7-11/h8-11,16,21H,2-7H2,1H3,(H,24,29). The van der Waals surface area contributed by atoms with Gasteiger partial charge >= 0.3 is 0 Å². The van der Waals surface area contributed by atoms with Crippen molar-refractivity contribution in [3.8, 4) is 0 Å². The van der Waals surface area contributed by atoms with Crippen LogP contribution in [0.15, 0.2) is 22.4 Å². The number of carbonyl (C=O) groups excluding carboxylic acids is 1. The van der Waals surface area contributed by atoms with E-state index in [2.05, 4.69) is 30.8 Å². The summed E-state index contributed by atoms with van der Waals surface area (Å²) in [5.41, 5.74) is -0.298. The fourth-order valence-electron chi connectivity index (χ4n) is 3.45. The second-order valence-electron chi connectivity index (χ2n) is 7.12. The van der Waals surface area contributed by atoms with Gasteiger partial charge in [-0.3, -0.25) is 9.48 Å². The first-order valence-corrected chi connectivity index (χ1v) is 9.52. The maximum absolute atomic E-state index is 13.1. The van der Waals surface area contributed by atoms with Gasteiger partial charge in [-0.25, -0.2) is 23.4 Å². The molecule has 4 rings (SSSR count). The summed E-state index contributed by atoms with van der Waals surface area (Å²) in [6, 6.07) is 0. The van der Waals surface area contributed by atoms with Gasteiger partial charge in [0, 0.05) is 38.3 Å². The van der Waals surface area contributed by atoms with Gasteiger partial charge in [0.05, 0.1) is 18.4 Å². The van der Waals surface area contributed by atoms with E-state index in [0.717, 1.165) is 25.9 Å². The van der Waals surface area contributed by atoms with E-state index >= 15 is 0 Å². The molecular formula is C18H22F2N8O. The normalized spacial score (nSPS) is 19.4. The highest BCUT2D eigenvalue weighted by Gasteiger charge is 2.24. The average molecular weight is 404 g/mol. The summed E-state index contributed by atoms with van der Waals surface area (Å²) >= 11 is 0. The fourth-order valence-corrected chi connectivity index (χ4v) is 3.45. The molecule has 154 valence electrons. The largest absolute Gasteiger partial charge is 0.319 e. The number of amidine groups is 1. The van der Waals surface area contributed by atoms with Gasteiger partial charge in [-0.1, -0.05) is 0 Å². The van der Waals surface area contributed by atoms with E-state index in [1.807, 2.05) is 6.21 Å². The Bertz CT molecular complexity index is 955. The molecular weight excluding hydrogens is 382 g/mol. The van der Waals surface area contributed by atoms with Crippen molar-refractivity contribution >= 4 is 29.5 Å². The minimum Gasteiger partial charge on any atom is -0.319 e. The van der Waals surface area contributed by atoms with Crippen LogP contribution in [0.5, 0.6) is 0 Å². The predicted molar refractivity (Wildman–Crippen MR) is 104 cm³/mol.